The number of ether oxygens (including phenoxy) is 2. The highest BCUT2D eigenvalue weighted by atomic mass is 32.2. The number of anilines is 3. The van der Waals surface area contributed by atoms with Crippen LogP contribution in [0.2, 0.25) is 0 Å². The lowest BCUT2D eigenvalue weighted by molar-refractivity contribution is -0.115. The molecule has 0 radical (unpaired) electrons. The summed E-state index contributed by atoms with van der Waals surface area (Å²) in [5.74, 6) is 1.05. The molecule has 4 rings (SSSR count). The molecule has 0 unspecified atom stereocenters. The van der Waals surface area contributed by atoms with Crippen molar-refractivity contribution >= 4 is 33.0 Å². The van der Waals surface area contributed by atoms with Crippen LogP contribution >= 0.6 is 0 Å². The Morgan fingerprint density at radius 2 is 1.57 bits per heavy atom. The molecule has 1 saturated heterocycles. The van der Waals surface area contributed by atoms with Crippen molar-refractivity contribution in [3.8, 4) is 11.5 Å². The highest BCUT2D eigenvalue weighted by Gasteiger charge is 2.25. The molecule has 1 fully saturated rings. The predicted octanol–water partition coefficient (Wildman–Crippen LogP) is 4.29. The molecule has 0 atom stereocenters. The smallest absolute Gasteiger partial charge is 0.264 e. The predicted molar refractivity (Wildman–Crippen MR) is 137 cm³/mol. The van der Waals surface area contributed by atoms with Gasteiger partial charge in [-0.25, -0.2) is 8.42 Å². The van der Waals surface area contributed by atoms with E-state index in [9.17, 15) is 13.2 Å². The van der Waals surface area contributed by atoms with Crippen molar-refractivity contribution in [1.29, 1.82) is 0 Å². The normalized spacial score (nSPS) is 13.4. The third kappa shape index (κ3) is 6.05. The van der Waals surface area contributed by atoms with Crippen LogP contribution in [0.15, 0.2) is 71.6 Å². The van der Waals surface area contributed by atoms with E-state index in [-0.39, 0.29) is 17.2 Å². The average molecular weight is 496 g/mol. The van der Waals surface area contributed by atoms with Crippen LogP contribution in [-0.4, -0.2) is 41.6 Å². The monoisotopic (exact) mass is 495 g/mol. The summed E-state index contributed by atoms with van der Waals surface area (Å²) in [6.45, 7) is 1.57. The summed E-state index contributed by atoms with van der Waals surface area (Å²) in [5.41, 5.74) is 2.25. The molecule has 35 heavy (non-hydrogen) atoms. The highest BCUT2D eigenvalue weighted by Crippen LogP contribution is 2.32. The van der Waals surface area contributed by atoms with E-state index >= 15 is 0 Å². The van der Waals surface area contributed by atoms with Gasteiger partial charge in [-0.2, -0.15) is 0 Å². The number of sulfonamides is 1. The van der Waals surface area contributed by atoms with Gasteiger partial charge in [-0.3, -0.25) is 9.52 Å². The molecule has 0 saturated carbocycles. The zero-order valence-corrected chi connectivity index (χ0v) is 20.6. The summed E-state index contributed by atoms with van der Waals surface area (Å²) in [4.78, 5) is 14.9. The highest BCUT2D eigenvalue weighted by molar-refractivity contribution is 7.92. The Morgan fingerprint density at radius 1 is 0.886 bits per heavy atom. The van der Waals surface area contributed by atoms with E-state index in [4.69, 9.17) is 9.47 Å². The molecule has 0 bridgehead atoms. The second-order valence-corrected chi connectivity index (χ2v) is 9.94. The SMILES string of the molecule is COc1ccc(NS(=O)(=O)c2cc(NC(=O)Cc3cccc(OC)c3)ccc2N2CCCC2)cc1. The van der Waals surface area contributed by atoms with Gasteiger partial charge in [0.2, 0.25) is 5.91 Å². The van der Waals surface area contributed by atoms with Crippen LogP contribution in [0, 0.1) is 0 Å². The Balaban J connectivity index is 1.59. The van der Waals surface area contributed by atoms with Crippen LogP contribution in [-0.2, 0) is 21.2 Å². The maximum absolute atomic E-state index is 13.4. The van der Waals surface area contributed by atoms with Gasteiger partial charge in [-0.1, -0.05) is 12.1 Å². The molecule has 0 spiro atoms. The maximum Gasteiger partial charge on any atom is 0.264 e. The van der Waals surface area contributed by atoms with E-state index in [2.05, 4.69) is 14.9 Å². The van der Waals surface area contributed by atoms with Crippen molar-refractivity contribution < 1.29 is 22.7 Å². The average Bonchev–Trinajstić information content (AvgIpc) is 3.39. The third-order valence-corrected chi connectivity index (χ3v) is 7.23. The summed E-state index contributed by atoms with van der Waals surface area (Å²) in [5, 5.41) is 2.83. The molecule has 0 aromatic heterocycles. The number of carbonyl (C=O) groups excluding carboxylic acids is 1. The van der Waals surface area contributed by atoms with Gasteiger partial charge in [0.1, 0.15) is 16.4 Å². The molecule has 2 N–H and O–H groups in total. The minimum absolute atomic E-state index is 0.120. The van der Waals surface area contributed by atoms with Crippen LogP contribution in [0.5, 0.6) is 11.5 Å². The summed E-state index contributed by atoms with van der Waals surface area (Å²) >= 11 is 0. The van der Waals surface area contributed by atoms with Crippen LogP contribution in [0.4, 0.5) is 17.1 Å². The zero-order valence-electron chi connectivity index (χ0n) is 19.8. The van der Waals surface area contributed by atoms with Gasteiger partial charge in [0.05, 0.1) is 26.3 Å². The Hall–Kier alpha value is -3.72. The van der Waals surface area contributed by atoms with Crippen molar-refractivity contribution in [1.82, 2.24) is 0 Å². The summed E-state index contributed by atoms with van der Waals surface area (Å²) in [7, 11) is -0.804. The number of benzene rings is 3. The first-order valence-electron chi connectivity index (χ1n) is 11.4. The van der Waals surface area contributed by atoms with Crippen molar-refractivity contribution in [2.45, 2.75) is 24.2 Å². The second kappa shape index (κ2) is 10.7. The standard InChI is InChI=1S/C26H29N3O5S/c1-33-22-11-8-20(9-12-22)28-35(31,32)25-18-21(10-13-24(25)29-14-3-4-15-29)27-26(30)17-19-6-5-7-23(16-19)34-2/h5-13,16,18,28H,3-4,14-15,17H2,1-2H3,(H,27,30). The van der Waals surface area contributed by atoms with Gasteiger partial charge in [0.15, 0.2) is 0 Å². The topological polar surface area (TPSA) is 97.0 Å². The molecule has 8 nitrogen and oxygen atoms in total. The quantitative estimate of drug-likeness (QED) is 0.460. The second-order valence-electron chi connectivity index (χ2n) is 8.29. The van der Waals surface area contributed by atoms with E-state index in [0.717, 1.165) is 31.5 Å². The molecule has 3 aromatic rings. The van der Waals surface area contributed by atoms with Gasteiger partial charge in [-0.05, 0) is 73.0 Å². The number of hydrogen-bond acceptors (Lipinski definition) is 6. The summed E-state index contributed by atoms with van der Waals surface area (Å²) in [6.07, 6.45) is 2.14. The molecule has 9 heteroatoms. The van der Waals surface area contributed by atoms with Crippen molar-refractivity contribution in [3.05, 3.63) is 72.3 Å². The molecular formula is C26H29N3O5S. The third-order valence-electron chi connectivity index (χ3n) is 5.82. The van der Waals surface area contributed by atoms with E-state index in [1.807, 2.05) is 18.2 Å². The lowest BCUT2D eigenvalue weighted by Gasteiger charge is -2.22. The minimum Gasteiger partial charge on any atom is -0.497 e. The number of nitrogens with one attached hydrogen (secondary N) is 2. The molecule has 1 amide bonds. The van der Waals surface area contributed by atoms with Crippen LogP contribution in [0.25, 0.3) is 0 Å². The number of amides is 1. The Kier molecular flexibility index (Phi) is 7.45. The maximum atomic E-state index is 13.4. The summed E-state index contributed by atoms with van der Waals surface area (Å²) < 4.78 is 39.9. The summed E-state index contributed by atoms with van der Waals surface area (Å²) in [6, 6.07) is 19.0. The van der Waals surface area contributed by atoms with Crippen LogP contribution < -0.4 is 24.4 Å². The van der Waals surface area contributed by atoms with Crippen molar-refractivity contribution in [2.24, 2.45) is 0 Å². The van der Waals surface area contributed by atoms with Crippen molar-refractivity contribution in [2.75, 3.05) is 42.2 Å². The Bertz CT molecular complexity index is 1290. The fraction of sp³-hybridized carbons (Fsp3) is 0.269. The number of rotatable bonds is 9. The molecule has 184 valence electrons. The van der Waals surface area contributed by atoms with E-state index in [1.165, 1.54) is 6.07 Å². The van der Waals surface area contributed by atoms with E-state index < -0.39 is 10.0 Å². The van der Waals surface area contributed by atoms with Crippen molar-refractivity contribution in [3.63, 3.8) is 0 Å². The lowest BCUT2D eigenvalue weighted by Crippen LogP contribution is -2.23. The molecule has 1 aliphatic rings. The van der Waals surface area contributed by atoms with Gasteiger partial charge < -0.3 is 19.7 Å². The van der Waals surface area contributed by atoms with Gasteiger partial charge >= 0.3 is 0 Å². The lowest BCUT2D eigenvalue weighted by atomic mass is 10.1. The first kappa shape index (κ1) is 24.4. The number of methoxy groups -OCH3 is 2. The Morgan fingerprint density at radius 3 is 2.26 bits per heavy atom. The number of hydrogen-bond donors (Lipinski definition) is 2. The van der Waals surface area contributed by atoms with Crippen LogP contribution in [0.1, 0.15) is 18.4 Å². The first-order valence-corrected chi connectivity index (χ1v) is 12.8. The number of carbonyl (C=O) groups is 1. The van der Waals surface area contributed by atoms with Gasteiger partial charge in [0, 0.05) is 24.5 Å². The molecule has 3 aromatic carbocycles. The molecule has 1 aliphatic heterocycles. The van der Waals surface area contributed by atoms with E-state index in [0.29, 0.717) is 28.6 Å². The van der Waals surface area contributed by atoms with Gasteiger partial charge in [0.25, 0.3) is 10.0 Å². The molecule has 0 aliphatic carbocycles. The first-order chi connectivity index (χ1) is 16.9. The fourth-order valence-corrected chi connectivity index (χ4v) is 5.38. The fourth-order valence-electron chi connectivity index (χ4n) is 4.07. The number of nitrogens with zero attached hydrogens (tertiary/aromatic N) is 1. The Labute approximate surface area is 205 Å². The van der Waals surface area contributed by atoms with Gasteiger partial charge in [-0.15, -0.1) is 0 Å². The zero-order chi connectivity index (χ0) is 24.8. The largest absolute Gasteiger partial charge is 0.497 e. The molecular weight excluding hydrogens is 466 g/mol. The van der Waals surface area contributed by atoms with Crippen LogP contribution in [0.3, 0.4) is 0 Å². The van der Waals surface area contributed by atoms with E-state index in [1.54, 1.807) is 56.7 Å². The molecule has 1 heterocycles. The minimum atomic E-state index is -3.93.